The molecule has 1 fully saturated rings. The molecule has 17 heavy (non-hydrogen) atoms. The van der Waals surface area contributed by atoms with E-state index in [-0.39, 0.29) is 5.41 Å². The molecule has 0 amide bonds. The van der Waals surface area contributed by atoms with E-state index in [0.717, 1.165) is 30.1 Å². The number of imidazole rings is 1. The maximum atomic E-state index is 4.72. The molecule has 0 aliphatic carbocycles. The molecule has 1 aliphatic rings. The van der Waals surface area contributed by atoms with Gasteiger partial charge in [0, 0.05) is 25.2 Å². The minimum atomic E-state index is 0.133. The number of pyridine rings is 1. The summed E-state index contributed by atoms with van der Waals surface area (Å²) in [5.74, 6) is 1.15. The van der Waals surface area contributed by atoms with Crippen LogP contribution in [0.15, 0.2) is 18.3 Å². The number of aromatic nitrogens is 3. The van der Waals surface area contributed by atoms with Gasteiger partial charge in [0.05, 0.1) is 5.52 Å². The van der Waals surface area contributed by atoms with Crippen LogP contribution in [0.3, 0.4) is 0 Å². The molecule has 0 spiro atoms. The van der Waals surface area contributed by atoms with Gasteiger partial charge in [-0.25, -0.2) is 9.97 Å². The van der Waals surface area contributed by atoms with Crippen LogP contribution in [0.25, 0.3) is 11.2 Å². The fourth-order valence-corrected chi connectivity index (χ4v) is 2.81. The van der Waals surface area contributed by atoms with Crippen molar-refractivity contribution in [3.8, 4) is 0 Å². The second-order valence-corrected chi connectivity index (χ2v) is 5.18. The first-order valence-corrected chi connectivity index (χ1v) is 6.19. The van der Waals surface area contributed by atoms with Gasteiger partial charge in [0.2, 0.25) is 0 Å². The third-order valence-corrected chi connectivity index (χ3v) is 3.79. The molecular formula is C13H18N4. The molecular weight excluding hydrogens is 212 g/mol. The van der Waals surface area contributed by atoms with Gasteiger partial charge in [-0.1, -0.05) is 6.92 Å². The minimum Gasteiger partial charge on any atom is -0.329 e. The number of nitrogens with one attached hydrogen (secondary N) is 1. The van der Waals surface area contributed by atoms with Crippen molar-refractivity contribution < 1.29 is 0 Å². The van der Waals surface area contributed by atoms with Crippen LogP contribution in [-0.2, 0) is 12.5 Å². The highest BCUT2D eigenvalue weighted by Crippen LogP contribution is 2.31. The number of hydrogen-bond acceptors (Lipinski definition) is 3. The molecule has 90 valence electrons. The maximum Gasteiger partial charge on any atom is 0.177 e. The average Bonchev–Trinajstić information content (AvgIpc) is 2.69. The van der Waals surface area contributed by atoms with Gasteiger partial charge in [-0.3, -0.25) is 0 Å². The summed E-state index contributed by atoms with van der Waals surface area (Å²) in [6.45, 7) is 4.42. The highest BCUT2D eigenvalue weighted by molar-refractivity contribution is 5.71. The first kappa shape index (κ1) is 10.7. The number of nitrogens with zero attached hydrogens (tertiary/aromatic N) is 3. The van der Waals surface area contributed by atoms with Gasteiger partial charge in [-0.15, -0.1) is 0 Å². The molecule has 1 saturated heterocycles. The zero-order valence-electron chi connectivity index (χ0n) is 10.4. The zero-order chi connectivity index (χ0) is 11.9. The van der Waals surface area contributed by atoms with Crippen LogP contribution < -0.4 is 5.32 Å². The second-order valence-electron chi connectivity index (χ2n) is 5.18. The quantitative estimate of drug-likeness (QED) is 0.809. The number of rotatable bonds is 1. The molecule has 3 rings (SSSR count). The van der Waals surface area contributed by atoms with E-state index in [9.17, 15) is 0 Å². The summed E-state index contributed by atoms with van der Waals surface area (Å²) in [5.41, 5.74) is 2.11. The summed E-state index contributed by atoms with van der Waals surface area (Å²) in [6.07, 6.45) is 4.21. The van der Waals surface area contributed by atoms with Crippen LogP contribution in [0.4, 0.5) is 0 Å². The lowest BCUT2D eigenvalue weighted by Gasteiger charge is -2.33. The van der Waals surface area contributed by atoms with Crippen LogP contribution in [0.2, 0.25) is 0 Å². The summed E-state index contributed by atoms with van der Waals surface area (Å²) in [7, 11) is 2.09. The second kappa shape index (κ2) is 3.81. The Morgan fingerprint density at radius 3 is 3.06 bits per heavy atom. The predicted molar refractivity (Wildman–Crippen MR) is 68.0 cm³/mol. The Labute approximate surface area is 101 Å². The molecule has 1 unspecified atom stereocenters. The van der Waals surface area contributed by atoms with E-state index in [2.05, 4.69) is 34.9 Å². The average molecular weight is 230 g/mol. The Hall–Kier alpha value is -1.42. The van der Waals surface area contributed by atoms with Crippen LogP contribution in [0.5, 0.6) is 0 Å². The lowest BCUT2D eigenvalue weighted by Crippen LogP contribution is -2.42. The monoisotopic (exact) mass is 230 g/mol. The molecule has 2 aromatic rings. The molecule has 4 nitrogen and oxygen atoms in total. The Kier molecular flexibility index (Phi) is 2.40. The van der Waals surface area contributed by atoms with Gasteiger partial charge in [-0.2, -0.15) is 0 Å². The number of hydrogen-bond donors (Lipinski definition) is 1. The third kappa shape index (κ3) is 1.63. The van der Waals surface area contributed by atoms with Crippen molar-refractivity contribution in [1.82, 2.24) is 19.9 Å². The lowest BCUT2D eigenvalue weighted by molar-refractivity contribution is 0.318. The van der Waals surface area contributed by atoms with Gasteiger partial charge >= 0.3 is 0 Å². The molecule has 3 heterocycles. The molecule has 0 radical (unpaired) electrons. The predicted octanol–water partition coefficient (Wildman–Crippen LogP) is 1.61. The highest BCUT2D eigenvalue weighted by Gasteiger charge is 2.33. The Morgan fingerprint density at radius 2 is 2.35 bits per heavy atom. The van der Waals surface area contributed by atoms with Crippen molar-refractivity contribution in [2.24, 2.45) is 7.05 Å². The fraction of sp³-hybridized carbons (Fsp3) is 0.538. The summed E-state index contributed by atoms with van der Waals surface area (Å²) >= 11 is 0. The third-order valence-electron chi connectivity index (χ3n) is 3.79. The number of fused-ring (bicyclic) bond motifs is 1. The molecule has 0 bridgehead atoms. The van der Waals surface area contributed by atoms with E-state index >= 15 is 0 Å². The Balaban J connectivity index is 2.13. The number of piperidine rings is 1. The zero-order valence-corrected chi connectivity index (χ0v) is 10.4. The van der Waals surface area contributed by atoms with E-state index < -0.39 is 0 Å². The van der Waals surface area contributed by atoms with E-state index in [4.69, 9.17) is 4.98 Å². The van der Waals surface area contributed by atoms with E-state index in [0.29, 0.717) is 0 Å². The van der Waals surface area contributed by atoms with Gasteiger partial charge in [0.1, 0.15) is 5.82 Å². The topological polar surface area (TPSA) is 42.7 Å². The maximum absolute atomic E-state index is 4.72. The van der Waals surface area contributed by atoms with E-state index in [1.165, 1.54) is 12.8 Å². The smallest absolute Gasteiger partial charge is 0.177 e. The first-order chi connectivity index (χ1) is 8.21. The fourth-order valence-electron chi connectivity index (χ4n) is 2.81. The highest BCUT2D eigenvalue weighted by atomic mass is 15.1. The van der Waals surface area contributed by atoms with E-state index in [1.54, 1.807) is 6.20 Å². The van der Waals surface area contributed by atoms with Gasteiger partial charge in [0.25, 0.3) is 0 Å². The number of aryl methyl sites for hydroxylation is 1. The summed E-state index contributed by atoms with van der Waals surface area (Å²) in [6, 6.07) is 4.05. The lowest BCUT2D eigenvalue weighted by atomic mass is 9.82. The van der Waals surface area contributed by atoms with Crippen molar-refractivity contribution in [2.75, 3.05) is 13.1 Å². The molecule has 0 saturated carbocycles. The standard InChI is InChI=1S/C13H18N4/c1-13(6-4-7-14-9-13)12-16-11-10(17(12)2)5-3-8-15-11/h3,5,8,14H,4,6-7,9H2,1-2H3. The van der Waals surface area contributed by atoms with Crippen molar-refractivity contribution >= 4 is 11.2 Å². The molecule has 0 aromatic carbocycles. The summed E-state index contributed by atoms with van der Waals surface area (Å²) in [4.78, 5) is 9.06. The van der Waals surface area contributed by atoms with E-state index in [1.807, 2.05) is 6.07 Å². The van der Waals surface area contributed by atoms with Crippen molar-refractivity contribution in [1.29, 1.82) is 0 Å². The van der Waals surface area contributed by atoms with Gasteiger partial charge in [0.15, 0.2) is 5.65 Å². The molecule has 1 aliphatic heterocycles. The van der Waals surface area contributed by atoms with Crippen LogP contribution in [-0.4, -0.2) is 27.6 Å². The summed E-state index contributed by atoms with van der Waals surface area (Å²) in [5, 5.41) is 3.47. The van der Waals surface area contributed by atoms with Gasteiger partial charge in [-0.05, 0) is 31.5 Å². The Bertz CT molecular complexity index is 537. The van der Waals surface area contributed by atoms with Crippen LogP contribution >= 0.6 is 0 Å². The first-order valence-electron chi connectivity index (χ1n) is 6.19. The molecule has 4 heteroatoms. The molecule has 1 atom stereocenters. The minimum absolute atomic E-state index is 0.133. The van der Waals surface area contributed by atoms with Crippen molar-refractivity contribution in [3.63, 3.8) is 0 Å². The van der Waals surface area contributed by atoms with Crippen molar-refractivity contribution in [3.05, 3.63) is 24.2 Å². The normalized spacial score (nSPS) is 25.3. The largest absolute Gasteiger partial charge is 0.329 e. The van der Waals surface area contributed by atoms with Crippen LogP contribution in [0.1, 0.15) is 25.6 Å². The molecule has 2 aromatic heterocycles. The SMILES string of the molecule is Cn1c(C2(C)CCCNC2)nc2ncccc21. The van der Waals surface area contributed by atoms with Gasteiger partial charge < -0.3 is 9.88 Å². The summed E-state index contributed by atoms with van der Waals surface area (Å²) < 4.78 is 2.19. The van der Waals surface area contributed by atoms with Crippen molar-refractivity contribution in [2.45, 2.75) is 25.2 Å². The Morgan fingerprint density at radius 1 is 1.47 bits per heavy atom. The van der Waals surface area contributed by atoms with Crippen LogP contribution in [0, 0.1) is 0 Å². The molecule has 1 N–H and O–H groups in total.